The van der Waals surface area contributed by atoms with E-state index in [1.165, 1.54) is 19.3 Å². The molecule has 0 aromatic rings. The van der Waals surface area contributed by atoms with Crippen molar-refractivity contribution in [2.24, 2.45) is 5.92 Å². The van der Waals surface area contributed by atoms with E-state index in [-0.39, 0.29) is 16.9 Å². The molecule has 0 radical (unpaired) electrons. The summed E-state index contributed by atoms with van der Waals surface area (Å²) in [6, 6.07) is 0. The summed E-state index contributed by atoms with van der Waals surface area (Å²) in [5.41, 5.74) is -0.241. The van der Waals surface area contributed by atoms with E-state index >= 15 is 0 Å². The van der Waals surface area contributed by atoms with Gasteiger partial charge in [0.2, 0.25) is 0 Å². The van der Waals surface area contributed by atoms with Gasteiger partial charge in [-0.1, -0.05) is 46.1 Å². The fourth-order valence-electron chi connectivity index (χ4n) is 3.33. The van der Waals surface area contributed by atoms with Gasteiger partial charge in [-0.05, 0) is 36.9 Å². The van der Waals surface area contributed by atoms with Crippen LogP contribution in [0.2, 0.25) is 18.1 Å². The van der Waals surface area contributed by atoms with E-state index in [1.807, 2.05) is 0 Å². The summed E-state index contributed by atoms with van der Waals surface area (Å²) >= 11 is 0. The van der Waals surface area contributed by atoms with Crippen molar-refractivity contribution in [3.8, 4) is 0 Å². The quantitative estimate of drug-likeness (QED) is 0.264. The molecule has 4 heteroatoms. The Hall–Kier alpha value is -0.163. The van der Waals surface area contributed by atoms with Crippen molar-refractivity contribution in [2.75, 3.05) is 14.2 Å². The Labute approximate surface area is 144 Å². The third kappa shape index (κ3) is 5.15. The second-order valence-electron chi connectivity index (χ2n) is 8.45. The number of hydrogen-bond donors (Lipinski definition) is 0. The molecule has 0 N–H and O–H groups in total. The van der Waals surface area contributed by atoms with Gasteiger partial charge in [0.15, 0.2) is 14.6 Å². The third-order valence-corrected chi connectivity index (χ3v) is 10.4. The van der Waals surface area contributed by atoms with Crippen molar-refractivity contribution in [1.29, 1.82) is 0 Å². The third-order valence-electron chi connectivity index (χ3n) is 5.91. The Bertz CT molecular complexity index is 371. The summed E-state index contributed by atoms with van der Waals surface area (Å²) in [5.74, 6) is 0.404. The van der Waals surface area contributed by atoms with Gasteiger partial charge in [-0.15, -0.1) is 6.58 Å². The van der Waals surface area contributed by atoms with Crippen LogP contribution in [-0.4, -0.2) is 34.4 Å². The average molecular weight is 343 g/mol. The molecule has 0 bridgehead atoms. The molecule has 23 heavy (non-hydrogen) atoms. The lowest BCUT2D eigenvalue weighted by Crippen LogP contribution is -2.52. The lowest BCUT2D eigenvalue weighted by Gasteiger charge is -2.48. The first-order valence-electron chi connectivity index (χ1n) is 9.01. The van der Waals surface area contributed by atoms with Gasteiger partial charge in [0.25, 0.3) is 0 Å². The maximum atomic E-state index is 6.97. The van der Waals surface area contributed by atoms with E-state index in [9.17, 15) is 0 Å². The highest BCUT2D eigenvalue weighted by atomic mass is 28.4. The minimum atomic E-state index is -1.87. The van der Waals surface area contributed by atoms with Crippen molar-refractivity contribution >= 4 is 8.32 Å². The van der Waals surface area contributed by atoms with Crippen molar-refractivity contribution < 1.29 is 13.9 Å². The van der Waals surface area contributed by atoms with Gasteiger partial charge in [0.05, 0.1) is 5.60 Å². The van der Waals surface area contributed by atoms with Crippen molar-refractivity contribution in [3.63, 3.8) is 0 Å². The summed E-state index contributed by atoms with van der Waals surface area (Å²) in [7, 11) is 1.56. The van der Waals surface area contributed by atoms with Gasteiger partial charge in [-0.25, -0.2) is 0 Å². The molecule has 3 nitrogen and oxygen atoms in total. The summed E-state index contributed by atoms with van der Waals surface area (Å²) < 4.78 is 17.9. The van der Waals surface area contributed by atoms with Crippen LogP contribution in [0.3, 0.4) is 0 Å². The molecule has 1 rings (SSSR count). The van der Waals surface area contributed by atoms with E-state index in [2.05, 4.69) is 46.5 Å². The van der Waals surface area contributed by atoms with Crippen LogP contribution in [0.5, 0.6) is 0 Å². The molecule has 1 saturated carbocycles. The predicted molar refractivity (Wildman–Crippen MR) is 100 cm³/mol. The van der Waals surface area contributed by atoms with Crippen LogP contribution in [0.25, 0.3) is 0 Å². The molecule has 0 spiro atoms. The Kier molecular flexibility index (Phi) is 7.52. The Morgan fingerprint density at radius 1 is 1.17 bits per heavy atom. The minimum Gasteiger partial charge on any atom is -0.408 e. The highest BCUT2D eigenvalue weighted by Gasteiger charge is 2.47. The van der Waals surface area contributed by atoms with Gasteiger partial charge >= 0.3 is 0 Å². The number of ether oxygens (including phenoxy) is 2. The van der Waals surface area contributed by atoms with Crippen LogP contribution in [0.1, 0.15) is 59.3 Å². The molecule has 136 valence electrons. The van der Waals surface area contributed by atoms with E-state index in [0.29, 0.717) is 5.92 Å². The fraction of sp³-hybridized carbons (Fsp3) is 0.895. The highest BCUT2D eigenvalue weighted by molar-refractivity contribution is 6.74. The molecule has 1 aliphatic carbocycles. The zero-order valence-corrected chi connectivity index (χ0v) is 17.4. The first-order valence-corrected chi connectivity index (χ1v) is 11.9. The maximum absolute atomic E-state index is 6.97. The second-order valence-corrected chi connectivity index (χ2v) is 13.2. The average Bonchev–Trinajstić information content (AvgIpc) is 2.66. The van der Waals surface area contributed by atoms with Crippen LogP contribution < -0.4 is 0 Å². The minimum absolute atomic E-state index is 0.166. The lowest BCUT2D eigenvalue weighted by molar-refractivity contribution is -0.127. The van der Waals surface area contributed by atoms with Gasteiger partial charge in [0.1, 0.15) is 0 Å². The van der Waals surface area contributed by atoms with Crippen molar-refractivity contribution in [2.45, 2.75) is 89.3 Å². The van der Waals surface area contributed by atoms with Crippen LogP contribution in [0, 0.1) is 5.92 Å². The summed E-state index contributed by atoms with van der Waals surface area (Å²) in [6.45, 7) is 15.8. The molecule has 1 fully saturated rings. The fourth-order valence-corrected chi connectivity index (χ4v) is 4.94. The van der Waals surface area contributed by atoms with Crippen LogP contribution >= 0.6 is 0 Å². The van der Waals surface area contributed by atoms with Crippen LogP contribution in [0.4, 0.5) is 0 Å². The smallest absolute Gasteiger partial charge is 0.193 e. The standard InChI is InChI=1S/C19H38O3Si/c1-9-19(22-23(7,8)18(2,3)4)14-12-10-11-13-16(19)15-17(20-5)21-6/h9,16-17H,1,10-15H2,2-8H3/t16-,19-/m1/s1. The zero-order valence-electron chi connectivity index (χ0n) is 16.4. The molecule has 0 aromatic carbocycles. The topological polar surface area (TPSA) is 27.7 Å². The predicted octanol–water partition coefficient (Wildman–Crippen LogP) is 5.52. The Morgan fingerprint density at radius 3 is 2.26 bits per heavy atom. The molecular formula is C19H38O3Si. The summed E-state index contributed by atoms with van der Waals surface area (Å²) in [6.07, 6.45) is 8.75. The van der Waals surface area contributed by atoms with E-state index in [4.69, 9.17) is 13.9 Å². The molecule has 1 aliphatic rings. The monoisotopic (exact) mass is 342 g/mol. The highest BCUT2D eigenvalue weighted by Crippen LogP contribution is 2.46. The summed E-state index contributed by atoms with van der Waals surface area (Å²) in [4.78, 5) is 0. The Morgan fingerprint density at radius 2 is 1.78 bits per heavy atom. The molecule has 0 aromatic heterocycles. The largest absolute Gasteiger partial charge is 0.408 e. The molecule has 0 heterocycles. The van der Waals surface area contributed by atoms with Gasteiger partial charge in [-0.3, -0.25) is 0 Å². The first kappa shape index (κ1) is 20.9. The van der Waals surface area contributed by atoms with E-state index < -0.39 is 8.32 Å². The van der Waals surface area contributed by atoms with Gasteiger partial charge in [0, 0.05) is 20.6 Å². The molecule has 0 amide bonds. The van der Waals surface area contributed by atoms with Gasteiger partial charge in [-0.2, -0.15) is 0 Å². The van der Waals surface area contributed by atoms with Crippen LogP contribution in [0.15, 0.2) is 12.7 Å². The Balaban J connectivity index is 3.10. The van der Waals surface area contributed by atoms with E-state index in [1.54, 1.807) is 14.2 Å². The van der Waals surface area contributed by atoms with Crippen LogP contribution in [-0.2, 0) is 13.9 Å². The SMILES string of the molecule is C=C[C@@]1(O[Si](C)(C)C(C)(C)C)CCCCC[C@@H]1CC(OC)OC. The molecule has 0 aliphatic heterocycles. The van der Waals surface area contributed by atoms with E-state index in [0.717, 1.165) is 19.3 Å². The molecule has 2 atom stereocenters. The normalized spacial score (nSPS) is 27.0. The molecular weight excluding hydrogens is 304 g/mol. The lowest BCUT2D eigenvalue weighted by atomic mass is 9.81. The number of rotatable bonds is 7. The second kappa shape index (κ2) is 8.28. The molecule has 0 unspecified atom stereocenters. The first-order chi connectivity index (χ1) is 10.6. The van der Waals surface area contributed by atoms with Gasteiger partial charge < -0.3 is 13.9 Å². The summed E-state index contributed by atoms with van der Waals surface area (Å²) in [5, 5.41) is 0.196. The zero-order chi connectivity index (χ0) is 17.7. The number of hydrogen-bond acceptors (Lipinski definition) is 3. The van der Waals surface area contributed by atoms with Crippen molar-refractivity contribution in [1.82, 2.24) is 0 Å². The molecule has 0 saturated heterocycles. The van der Waals surface area contributed by atoms with Crippen molar-refractivity contribution in [3.05, 3.63) is 12.7 Å². The maximum Gasteiger partial charge on any atom is 0.193 e. The number of methoxy groups -OCH3 is 2.